The predicted octanol–water partition coefficient (Wildman–Crippen LogP) is 5.74. The number of nitrogens with zero attached hydrogens (tertiary/aromatic N) is 6. The molecule has 0 unspecified atom stereocenters. The number of benzene rings is 2. The second-order valence-electron chi connectivity index (χ2n) is 18.5. The van der Waals surface area contributed by atoms with Gasteiger partial charge >= 0.3 is 29.8 Å². The Morgan fingerprint density at radius 3 is 2.14 bits per heavy atom. The summed E-state index contributed by atoms with van der Waals surface area (Å²) >= 11 is 0. The van der Waals surface area contributed by atoms with Gasteiger partial charge in [0.2, 0.25) is 5.91 Å². The van der Waals surface area contributed by atoms with Crippen molar-refractivity contribution < 1.29 is 42.7 Å². The van der Waals surface area contributed by atoms with Gasteiger partial charge in [-0.25, -0.2) is 19.2 Å². The summed E-state index contributed by atoms with van der Waals surface area (Å²) < 4.78 is 17.9. The van der Waals surface area contributed by atoms with Crippen molar-refractivity contribution in [2.45, 2.75) is 111 Å². The van der Waals surface area contributed by atoms with E-state index in [0.29, 0.717) is 101 Å². The third kappa shape index (κ3) is 12.1. The van der Waals surface area contributed by atoms with Crippen LogP contribution in [0.5, 0.6) is 0 Å². The molecule has 8 rings (SSSR count). The van der Waals surface area contributed by atoms with E-state index in [1.54, 1.807) is 32.7 Å². The quantitative estimate of drug-likeness (QED) is 0.158. The Bertz CT molecular complexity index is 2270. The highest BCUT2D eigenvalue weighted by Crippen LogP contribution is 2.27. The number of para-hydroxylation sites is 1. The average molecular weight is 916 g/mol. The molecule has 66 heavy (non-hydrogen) atoms. The van der Waals surface area contributed by atoms with Gasteiger partial charge in [0.05, 0.1) is 12.1 Å². The summed E-state index contributed by atoms with van der Waals surface area (Å²) in [5.41, 5.74) is 4.72. The third-order valence-corrected chi connectivity index (χ3v) is 13.7. The maximum absolute atomic E-state index is 13.8. The van der Waals surface area contributed by atoms with Crippen molar-refractivity contribution in [2.24, 2.45) is 18.9 Å². The van der Waals surface area contributed by atoms with Crippen LogP contribution in [0.4, 0.5) is 15.3 Å². The molecule has 1 aromatic heterocycles. The van der Waals surface area contributed by atoms with Crippen molar-refractivity contribution in [3.63, 3.8) is 0 Å². The first-order valence-electron chi connectivity index (χ1n) is 23.5. The van der Waals surface area contributed by atoms with E-state index in [4.69, 9.17) is 13.9 Å². The zero-order chi connectivity index (χ0) is 46.2. The number of aromatic nitrogens is 1. The number of rotatable bonds is 9. The minimum absolute atomic E-state index is 0. The number of likely N-dealkylation sites (tertiary alicyclic amines) is 4. The van der Waals surface area contributed by atoms with Crippen LogP contribution in [-0.4, -0.2) is 143 Å². The first kappa shape index (κ1) is 49.6. The lowest BCUT2D eigenvalue weighted by Crippen LogP contribution is -2.51. The van der Waals surface area contributed by atoms with Crippen LogP contribution in [0.25, 0.3) is 11.1 Å². The van der Waals surface area contributed by atoms with E-state index in [0.717, 1.165) is 67.4 Å². The van der Waals surface area contributed by atoms with Crippen LogP contribution in [-0.2, 0) is 48.5 Å². The Balaban J connectivity index is 0.000000275. The molecule has 6 heterocycles. The van der Waals surface area contributed by atoms with E-state index >= 15 is 0 Å². The third-order valence-electron chi connectivity index (χ3n) is 13.7. The number of oxazole rings is 1. The molecule has 0 saturated carbocycles. The highest BCUT2D eigenvalue weighted by Gasteiger charge is 2.36. The first-order valence-corrected chi connectivity index (χ1v) is 23.5. The summed E-state index contributed by atoms with van der Waals surface area (Å²) in [5, 5.41) is 3.03. The number of ether oxygens (including phenoxy) is 2. The lowest BCUT2D eigenvalue weighted by Gasteiger charge is -2.38. The van der Waals surface area contributed by atoms with Gasteiger partial charge in [-0.15, -0.1) is 0 Å². The molecule has 360 valence electrons. The first-order chi connectivity index (χ1) is 31.2. The minimum Gasteiger partial charge on any atom is -0.458 e. The maximum Gasteiger partial charge on any atom is 0.419 e. The van der Waals surface area contributed by atoms with Crippen LogP contribution < -0.4 is 11.1 Å². The molecule has 17 heteroatoms. The number of nitrogens with one attached hydrogen (secondary N) is 1. The maximum atomic E-state index is 13.8. The van der Waals surface area contributed by atoms with Gasteiger partial charge in [-0.1, -0.05) is 45.5 Å². The largest absolute Gasteiger partial charge is 0.458 e. The number of amides is 6. The number of esters is 1. The van der Waals surface area contributed by atoms with Crippen molar-refractivity contribution in [2.75, 3.05) is 70.8 Å². The van der Waals surface area contributed by atoms with Crippen molar-refractivity contribution in [1.29, 1.82) is 0 Å². The molecule has 0 bridgehead atoms. The zero-order valence-corrected chi connectivity index (χ0v) is 38.4. The molecular weight excluding hydrogens is 847 g/mol. The van der Waals surface area contributed by atoms with E-state index in [1.165, 1.54) is 4.57 Å². The highest BCUT2D eigenvalue weighted by molar-refractivity contribution is 6.32. The fraction of sp³-hybridized carbons (Fsp3) is 0.612. The Morgan fingerprint density at radius 2 is 1.47 bits per heavy atom. The number of fused-ring (bicyclic) bond motifs is 2. The van der Waals surface area contributed by atoms with Gasteiger partial charge in [-0.2, -0.15) is 0 Å². The molecule has 2 aromatic carbocycles. The SMILES string of the molecule is C.CC1CCN(C(=O)C(=O)OCCCN2CCCC2=O)CC1.Cc1cc(C[C@@H](OC(=O)N2CCC(N3CCc4ccccc4NC3=O)CC2)C(=O)N2CCC(C)CC2)cc2oc(=O)n(C)c12. The van der Waals surface area contributed by atoms with Gasteiger partial charge in [-0.05, 0) is 105 Å². The Morgan fingerprint density at radius 1 is 0.818 bits per heavy atom. The van der Waals surface area contributed by atoms with Crippen LogP contribution in [0.2, 0.25) is 0 Å². The molecule has 0 aliphatic carbocycles. The lowest BCUT2D eigenvalue weighted by molar-refractivity contribution is -0.161. The smallest absolute Gasteiger partial charge is 0.419 e. The van der Waals surface area contributed by atoms with Crippen LogP contribution in [0.15, 0.2) is 45.6 Å². The molecule has 4 fully saturated rings. The van der Waals surface area contributed by atoms with Crippen molar-refractivity contribution in [3.05, 3.63) is 63.6 Å². The van der Waals surface area contributed by atoms with E-state index < -0.39 is 29.8 Å². The molecule has 5 aliphatic heterocycles. The summed E-state index contributed by atoms with van der Waals surface area (Å²) in [7, 11) is 1.66. The fourth-order valence-corrected chi connectivity index (χ4v) is 9.58. The Hall–Kier alpha value is -5.87. The van der Waals surface area contributed by atoms with Gasteiger partial charge in [0.15, 0.2) is 11.7 Å². The van der Waals surface area contributed by atoms with Gasteiger partial charge in [0, 0.05) is 90.5 Å². The highest BCUT2D eigenvalue weighted by atomic mass is 16.6. The molecule has 5 aliphatic rings. The van der Waals surface area contributed by atoms with Gasteiger partial charge in [0.25, 0.3) is 5.91 Å². The molecule has 17 nitrogen and oxygen atoms in total. The molecule has 0 radical (unpaired) electrons. The number of carbonyl (C=O) groups excluding carboxylic acids is 6. The normalized spacial score (nSPS) is 19.0. The lowest BCUT2D eigenvalue weighted by atomic mass is 9.98. The molecule has 3 aromatic rings. The molecule has 1 atom stereocenters. The van der Waals surface area contributed by atoms with E-state index in [2.05, 4.69) is 19.2 Å². The van der Waals surface area contributed by atoms with Crippen LogP contribution >= 0.6 is 0 Å². The summed E-state index contributed by atoms with van der Waals surface area (Å²) in [6, 6.07) is 11.4. The number of anilines is 1. The molecule has 4 saturated heterocycles. The van der Waals surface area contributed by atoms with Crippen molar-refractivity contribution in [1.82, 2.24) is 29.1 Å². The van der Waals surface area contributed by atoms with Gasteiger partial charge < -0.3 is 43.7 Å². The van der Waals surface area contributed by atoms with Gasteiger partial charge in [0.1, 0.15) is 0 Å². The van der Waals surface area contributed by atoms with E-state index in [-0.39, 0.29) is 44.3 Å². The fourth-order valence-electron chi connectivity index (χ4n) is 9.58. The van der Waals surface area contributed by atoms with Crippen LogP contribution in [0.1, 0.15) is 95.8 Å². The number of urea groups is 1. The summed E-state index contributed by atoms with van der Waals surface area (Å²) in [5.74, 6) is -0.618. The van der Waals surface area contributed by atoms with E-state index in [1.807, 2.05) is 42.2 Å². The molecule has 6 amide bonds. The van der Waals surface area contributed by atoms with Crippen LogP contribution in [0.3, 0.4) is 0 Å². The Kier molecular flexibility index (Phi) is 16.9. The molecular formula is C49H69N7O10. The number of carbonyl (C=O) groups is 6. The standard InChI is InChI=1S/C33H41N5O6.C15H24N2O4.CH4/c1-21-8-13-36(14-9-21)30(39)28(20-23-18-22(2)29-27(19-23)43-32(41)35(29)3)44-33(42)37-15-11-25(12-16-37)38-17-10-24-6-4-5-7-26(24)34-31(38)40;1-12-5-9-17(10-6-12)14(19)15(20)21-11-3-8-16-7-2-4-13(16)18;/h4-7,18-19,21,25,28H,8-17,20H2,1-3H3,(H,34,40);12H,2-11H2,1H3;1H4/t28-;;/m1../s1. The topological polar surface area (TPSA) is 184 Å². The average Bonchev–Trinajstić information content (AvgIpc) is 3.79. The Labute approximate surface area is 387 Å². The monoisotopic (exact) mass is 916 g/mol. The second kappa shape index (κ2) is 22.6. The summed E-state index contributed by atoms with van der Waals surface area (Å²) in [6.07, 6.45) is 6.49. The van der Waals surface area contributed by atoms with Gasteiger partial charge in [-0.3, -0.25) is 19.0 Å². The minimum atomic E-state index is -1.00. The summed E-state index contributed by atoms with van der Waals surface area (Å²) in [4.78, 5) is 96.1. The summed E-state index contributed by atoms with van der Waals surface area (Å²) in [6.45, 7) is 11.8. The number of aryl methyl sites for hydroxylation is 2. The number of piperidine rings is 3. The zero-order valence-electron chi connectivity index (χ0n) is 38.4. The van der Waals surface area contributed by atoms with Crippen LogP contribution in [0, 0.1) is 18.8 Å². The molecule has 0 spiro atoms. The predicted molar refractivity (Wildman–Crippen MR) is 249 cm³/mol. The van der Waals surface area contributed by atoms with Crippen molar-refractivity contribution >= 4 is 52.6 Å². The van der Waals surface area contributed by atoms with Crippen molar-refractivity contribution in [3.8, 4) is 0 Å². The number of hydrogen-bond donors (Lipinski definition) is 1. The van der Waals surface area contributed by atoms with E-state index in [9.17, 15) is 33.6 Å². The second-order valence-corrected chi connectivity index (χ2v) is 18.5. The number of hydrogen-bond acceptors (Lipinski definition) is 10. The molecule has 1 N–H and O–H groups in total.